The van der Waals surface area contributed by atoms with Crippen molar-refractivity contribution in [2.45, 2.75) is 13.0 Å². The van der Waals surface area contributed by atoms with Gasteiger partial charge in [0.05, 0.1) is 5.56 Å². The van der Waals surface area contributed by atoms with Crippen molar-refractivity contribution >= 4 is 33.8 Å². The summed E-state index contributed by atoms with van der Waals surface area (Å²) >= 11 is 3.30. The molecule has 0 aliphatic heterocycles. The van der Waals surface area contributed by atoms with Crippen LogP contribution in [0.3, 0.4) is 0 Å². The third kappa shape index (κ3) is 3.74. The summed E-state index contributed by atoms with van der Waals surface area (Å²) in [6.07, 6.45) is 0.00292. The van der Waals surface area contributed by atoms with Gasteiger partial charge in [-0.3, -0.25) is 9.59 Å². The number of hydrogen-bond donors (Lipinski definition) is 0. The number of rotatable bonds is 5. The van der Waals surface area contributed by atoms with Crippen LogP contribution in [-0.4, -0.2) is 25.3 Å². The number of carbonyl (C=O) groups is 2. The molecule has 0 aliphatic rings. The second-order valence-corrected chi connectivity index (χ2v) is 5.71. The smallest absolute Gasteiger partial charge is 0.267 e. The molecule has 114 valence electrons. The molecule has 22 heavy (non-hydrogen) atoms. The molecule has 2 aromatic carbocycles. The molecule has 1 amide bonds. The number of anilines is 1. The Morgan fingerprint density at radius 2 is 1.91 bits per heavy atom. The predicted octanol–water partition coefficient (Wildman–Crippen LogP) is 3.69. The monoisotopic (exact) mass is 361 g/mol. The van der Waals surface area contributed by atoms with E-state index in [4.69, 9.17) is 4.74 Å². The molecular formula is C17H16BrNO3. The highest BCUT2D eigenvalue weighted by molar-refractivity contribution is 9.10. The summed E-state index contributed by atoms with van der Waals surface area (Å²) in [6, 6.07) is 14.4. The molecule has 2 aromatic rings. The molecule has 0 N–H and O–H groups in total. The molecule has 0 fully saturated rings. The maximum absolute atomic E-state index is 12.4. The van der Waals surface area contributed by atoms with E-state index in [0.717, 1.165) is 10.2 Å². The average molecular weight is 362 g/mol. The Morgan fingerprint density at radius 1 is 1.23 bits per heavy atom. The lowest BCUT2D eigenvalue weighted by molar-refractivity contribution is -0.124. The largest absolute Gasteiger partial charge is 0.480 e. The summed E-state index contributed by atoms with van der Waals surface area (Å²) < 4.78 is 6.43. The lowest BCUT2D eigenvalue weighted by atomic mass is 10.2. The zero-order chi connectivity index (χ0) is 16.1. The lowest BCUT2D eigenvalue weighted by Gasteiger charge is -2.22. The molecule has 0 aromatic heterocycles. The van der Waals surface area contributed by atoms with E-state index in [1.165, 1.54) is 4.90 Å². The van der Waals surface area contributed by atoms with E-state index in [1.54, 1.807) is 32.2 Å². The van der Waals surface area contributed by atoms with Gasteiger partial charge in [0.15, 0.2) is 12.4 Å². The van der Waals surface area contributed by atoms with E-state index in [0.29, 0.717) is 17.6 Å². The van der Waals surface area contributed by atoms with E-state index in [1.807, 2.05) is 30.3 Å². The molecule has 5 heteroatoms. The maximum atomic E-state index is 12.4. The number of benzene rings is 2. The standard InChI is InChI=1S/C17H16BrNO3/c1-12(17(21)19(2)15-6-4-3-5-7-15)22-16-9-8-14(18)10-13(16)11-20/h3-12H,1-2H3/t12-/m0/s1. The van der Waals surface area contributed by atoms with Crippen molar-refractivity contribution in [2.24, 2.45) is 0 Å². The number of carbonyl (C=O) groups excluding carboxylic acids is 2. The lowest BCUT2D eigenvalue weighted by Crippen LogP contribution is -2.38. The molecular weight excluding hydrogens is 346 g/mol. The van der Waals surface area contributed by atoms with Crippen molar-refractivity contribution in [3.05, 3.63) is 58.6 Å². The molecule has 0 heterocycles. The highest BCUT2D eigenvalue weighted by Crippen LogP contribution is 2.23. The number of amides is 1. The summed E-state index contributed by atoms with van der Waals surface area (Å²) in [4.78, 5) is 25.0. The van der Waals surface area contributed by atoms with Crippen molar-refractivity contribution in [1.82, 2.24) is 0 Å². The summed E-state index contributed by atoms with van der Waals surface area (Å²) in [5.41, 5.74) is 1.19. The molecule has 0 saturated heterocycles. The van der Waals surface area contributed by atoms with Crippen LogP contribution in [0.15, 0.2) is 53.0 Å². The van der Waals surface area contributed by atoms with Gasteiger partial charge in [0.25, 0.3) is 5.91 Å². The highest BCUT2D eigenvalue weighted by Gasteiger charge is 2.21. The number of hydrogen-bond acceptors (Lipinski definition) is 3. The molecule has 0 unspecified atom stereocenters. The second-order valence-electron chi connectivity index (χ2n) is 4.79. The molecule has 1 atom stereocenters. The fourth-order valence-electron chi connectivity index (χ4n) is 2.01. The minimum Gasteiger partial charge on any atom is -0.480 e. The van der Waals surface area contributed by atoms with E-state index >= 15 is 0 Å². The van der Waals surface area contributed by atoms with E-state index in [9.17, 15) is 9.59 Å². The minimum atomic E-state index is -0.704. The Hall–Kier alpha value is -2.14. The SMILES string of the molecule is C[C@H](Oc1ccc(Br)cc1C=O)C(=O)N(C)c1ccccc1. The van der Waals surface area contributed by atoms with Crippen LogP contribution in [0.4, 0.5) is 5.69 Å². The van der Waals surface area contributed by atoms with Crippen LogP contribution in [0.25, 0.3) is 0 Å². The van der Waals surface area contributed by atoms with E-state index in [2.05, 4.69) is 15.9 Å². The van der Waals surface area contributed by atoms with Gasteiger partial charge in [-0.25, -0.2) is 0 Å². The van der Waals surface area contributed by atoms with Gasteiger partial charge in [0, 0.05) is 17.2 Å². The quantitative estimate of drug-likeness (QED) is 0.763. The van der Waals surface area contributed by atoms with Gasteiger partial charge >= 0.3 is 0 Å². The summed E-state index contributed by atoms with van der Waals surface area (Å²) in [7, 11) is 1.69. The maximum Gasteiger partial charge on any atom is 0.267 e. The number of ether oxygens (including phenoxy) is 1. The van der Waals surface area contributed by atoms with Crippen molar-refractivity contribution in [1.29, 1.82) is 0 Å². The molecule has 2 rings (SSSR count). The second kappa shape index (κ2) is 7.22. The Bertz CT molecular complexity index is 673. The van der Waals surface area contributed by atoms with Crippen LogP contribution in [0.1, 0.15) is 17.3 Å². The molecule has 0 bridgehead atoms. The minimum absolute atomic E-state index is 0.189. The fourth-order valence-corrected chi connectivity index (χ4v) is 2.39. The van der Waals surface area contributed by atoms with Crippen molar-refractivity contribution in [2.75, 3.05) is 11.9 Å². The Kier molecular flexibility index (Phi) is 5.33. The predicted molar refractivity (Wildman–Crippen MR) is 89.5 cm³/mol. The summed E-state index contributed by atoms with van der Waals surface area (Å²) in [5.74, 6) is 0.200. The van der Waals surface area contributed by atoms with Crippen molar-refractivity contribution in [3.8, 4) is 5.75 Å². The molecule has 0 radical (unpaired) electrons. The van der Waals surface area contributed by atoms with Gasteiger partial charge in [-0.2, -0.15) is 0 Å². The van der Waals surface area contributed by atoms with Gasteiger partial charge in [0.1, 0.15) is 5.75 Å². The number of aldehydes is 1. The molecule has 0 aliphatic carbocycles. The van der Waals surface area contributed by atoms with Gasteiger partial charge in [-0.05, 0) is 37.3 Å². The number of nitrogens with zero attached hydrogens (tertiary/aromatic N) is 1. The molecule has 4 nitrogen and oxygen atoms in total. The first-order valence-corrected chi connectivity index (χ1v) is 7.56. The first-order valence-electron chi connectivity index (χ1n) is 6.77. The third-order valence-electron chi connectivity index (χ3n) is 3.22. The van der Waals surface area contributed by atoms with Gasteiger partial charge in [0.2, 0.25) is 0 Å². The Morgan fingerprint density at radius 3 is 2.55 bits per heavy atom. The van der Waals surface area contributed by atoms with E-state index in [-0.39, 0.29) is 5.91 Å². The van der Waals surface area contributed by atoms with Crippen LogP contribution >= 0.6 is 15.9 Å². The fraction of sp³-hybridized carbons (Fsp3) is 0.176. The van der Waals surface area contributed by atoms with Crippen LogP contribution in [0.2, 0.25) is 0 Å². The van der Waals surface area contributed by atoms with Crippen LogP contribution in [0, 0.1) is 0 Å². The Labute approximate surface area is 137 Å². The first-order chi connectivity index (χ1) is 10.5. The van der Waals surface area contributed by atoms with Gasteiger partial charge in [-0.1, -0.05) is 34.1 Å². The van der Waals surface area contributed by atoms with Gasteiger partial charge < -0.3 is 9.64 Å². The average Bonchev–Trinajstić information content (AvgIpc) is 2.55. The Balaban J connectivity index is 2.13. The topological polar surface area (TPSA) is 46.6 Å². The number of halogens is 1. The highest BCUT2D eigenvalue weighted by atomic mass is 79.9. The first kappa shape index (κ1) is 16.2. The summed E-state index contributed by atoms with van der Waals surface area (Å²) in [5, 5.41) is 0. The zero-order valence-electron chi connectivity index (χ0n) is 12.3. The van der Waals surface area contributed by atoms with Crippen LogP contribution in [0.5, 0.6) is 5.75 Å². The molecule has 0 saturated carbocycles. The zero-order valence-corrected chi connectivity index (χ0v) is 13.9. The van der Waals surface area contributed by atoms with Crippen LogP contribution in [-0.2, 0) is 4.79 Å². The van der Waals surface area contributed by atoms with Crippen molar-refractivity contribution in [3.63, 3.8) is 0 Å². The summed E-state index contributed by atoms with van der Waals surface area (Å²) in [6.45, 7) is 1.67. The normalized spacial score (nSPS) is 11.6. The van der Waals surface area contributed by atoms with Gasteiger partial charge in [-0.15, -0.1) is 0 Å². The van der Waals surface area contributed by atoms with E-state index < -0.39 is 6.10 Å². The number of likely N-dealkylation sites (N-methyl/N-ethyl adjacent to an activating group) is 1. The third-order valence-corrected chi connectivity index (χ3v) is 3.72. The number of para-hydroxylation sites is 1. The van der Waals surface area contributed by atoms with Crippen molar-refractivity contribution < 1.29 is 14.3 Å². The molecule has 0 spiro atoms. The van der Waals surface area contributed by atoms with Crippen LogP contribution < -0.4 is 9.64 Å².